The SMILES string of the molecule is Cc1cnc(CCc2cc(C)[nH]n2)cn1. The molecule has 0 aliphatic heterocycles. The van der Waals surface area contributed by atoms with Gasteiger partial charge in [-0.25, -0.2) is 0 Å². The number of aromatic nitrogens is 4. The normalized spacial score (nSPS) is 10.5. The molecule has 15 heavy (non-hydrogen) atoms. The van der Waals surface area contributed by atoms with Crippen molar-refractivity contribution in [3.63, 3.8) is 0 Å². The average molecular weight is 202 g/mol. The molecule has 4 nitrogen and oxygen atoms in total. The quantitative estimate of drug-likeness (QED) is 0.822. The fourth-order valence-corrected chi connectivity index (χ4v) is 1.41. The van der Waals surface area contributed by atoms with Crippen molar-refractivity contribution >= 4 is 0 Å². The van der Waals surface area contributed by atoms with Crippen molar-refractivity contribution in [3.05, 3.63) is 41.2 Å². The summed E-state index contributed by atoms with van der Waals surface area (Å²) in [6, 6.07) is 2.06. The smallest absolute Gasteiger partial charge is 0.0628 e. The number of nitrogens with one attached hydrogen (secondary N) is 1. The molecular weight excluding hydrogens is 188 g/mol. The van der Waals surface area contributed by atoms with Crippen LogP contribution in [-0.4, -0.2) is 20.2 Å². The zero-order valence-electron chi connectivity index (χ0n) is 8.99. The van der Waals surface area contributed by atoms with Gasteiger partial charge in [0.1, 0.15) is 0 Å². The van der Waals surface area contributed by atoms with Gasteiger partial charge in [0.05, 0.1) is 17.1 Å². The Labute approximate surface area is 88.8 Å². The molecule has 4 heteroatoms. The second-order valence-electron chi connectivity index (χ2n) is 3.69. The van der Waals surface area contributed by atoms with Gasteiger partial charge in [-0.05, 0) is 32.8 Å². The summed E-state index contributed by atoms with van der Waals surface area (Å²) >= 11 is 0. The summed E-state index contributed by atoms with van der Waals surface area (Å²) in [4.78, 5) is 8.51. The van der Waals surface area contributed by atoms with Gasteiger partial charge in [-0.15, -0.1) is 0 Å². The van der Waals surface area contributed by atoms with Crippen LogP contribution in [0.15, 0.2) is 18.5 Å². The van der Waals surface area contributed by atoms with E-state index in [4.69, 9.17) is 0 Å². The molecule has 0 aromatic carbocycles. The van der Waals surface area contributed by atoms with Gasteiger partial charge in [0.15, 0.2) is 0 Å². The van der Waals surface area contributed by atoms with E-state index in [0.717, 1.165) is 35.6 Å². The Morgan fingerprint density at radius 1 is 1.07 bits per heavy atom. The van der Waals surface area contributed by atoms with Crippen molar-refractivity contribution in [2.24, 2.45) is 0 Å². The third kappa shape index (κ3) is 2.62. The number of nitrogens with zero attached hydrogens (tertiary/aromatic N) is 3. The van der Waals surface area contributed by atoms with E-state index in [1.54, 1.807) is 6.20 Å². The monoisotopic (exact) mass is 202 g/mol. The highest BCUT2D eigenvalue weighted by Crippen LogP contribution is 2.03. The van der Waals surface area contributed by atoms with Gasteiger partial charge >= 0.3 is 0 Å². The second kappa shape index (κ2) is 4.21. The topological polar surface area (TPSA) is 54.5 Å². The lowest BCUT2D eigenvalue weighted by molar-refractivity contribution is 0.852. The predicted octanol–water partition coefficient (Wildman–Crippen LogP) is 1.60. The zero-order chi connectivity index (χ0) is 10.7. The fraction of sp³-hybridized carbons (Fsp3) is 0.364. The molecule has 78 valence electrons. The van der Waals surface area contributed by atoms with E-state index in [1.165, 1.54) is 0 Å². The lowest BCUT2D eigenvalue weighted by Crippen LogP contribution is -1.96. The van der Waals surface area contributed by atoms with Gasteiger partial charge in [0.2, 0.25) is 0 Å². The Balaban J connectivity index is 1.96. The summed E-state index contributed by atoms with van der Waals surface area (Å²) < 4.78 is 0. The molecule has 2 aromatic heterocycles. The number of hydrogen-bond donors (Lipinski definition) is 1. The molecule has 2 rings (SSSR count). The van der Waals surface area contributed by atoms with E-state index in [-0.39, 0.29) is 0 Å². The molecule has 0 saturated carbocycles. The Bertz CT molecular complexity index is 430. The van der Waals surface area contributed by atoms with Crippen LogP contribution in [0, 0.1) is 13.8 Å². The summed E-state index contributed by atoms with van der Waals surface area (Å²) in [5.41, 5.74) is 4.14. The maximum absolute atomic E-state index is 4.30. The van der Waals surface area contributed by atoms with Crippen LogP contribution in [0.25, 0.3) is 0 Å². The van der Waals surface area contributed by atoms with Crippen molar-refractivity contribution in [3.8, 4) is 0 Å². The first-order valence-electron chi connectivity index (χ1n) is 5.02. The minimum atomic E-state index is 0.886. The number of hydrogen-bond acceptors (Lipinski definition) is 3. The lowest BCUT2D eigenvalue weighted by atomic mass is 10.2. The molecular formula is C11H14N4. The summed E-state index contributed by atoms with van der Waals surface area (Å²) in [5.74, 6) is 0. The third-order valence-electron chi connectivity index (χ3n) is 2.23. The van der Waals surface area contributed by atoms with E-state index in [9.17, 15) is 0 Å². The molecule has 0 fully saturated rings. The van der Waals surface area contributed by atoms with Crippen LogP contribution in [0.5, 0.6) is 0 Å². The van der Waals surface area contributed by atoms with Crippen LogP contribution in [-0.2, 0) is 12.8 Å². The van der Waals surface area contributed by atoms with E-state index < -0.39 is 0 Å². The van der Waals surface area contributed by atoms with Gasteiger partial charge in [0.25, 0.3) is 0 Å². The summed E-state index contributed by atoms with van der Waals surface area (Å²) in [5, 5.41) is 7.10. The van der Waals surface area contributed by atoms with Crippen LogP contribution in [0.4, 0.5) is 0 Å². The summed E-state index contributed by atoms with van der Waals surface area (Å²) in [6.45, 7) is 3.94. The van der Waals surface area contributed by atoms with Crippen LogP contribution in [0.1, 0.15) is 22.8 Å². The molecule has 0 unspecified atom stereocenters. The van der Waals surface area contributed by atoms with E-state index in [1.807, 2.05) is 20.0 Å². The van der Waals surface area contributed by atoms with Gasteiger partial charge < -0.3 is 0 Å². The number of rotatable bonds is 3. The van der Waals surface area contributed by atoms with Crippen LogP contribution in [0.3, 0.4) is 0 Å². The largest absolute Gasteiger partial charge is 0.283 e. The third-order valence-corrected chi connectivity index (χ3v) is 2.23. The van der Waals surface area contributed by atoms with E-state index in [2.05, 4.69) is 26.2 Å². The fourth-order valence-electron chi connectivity index (χ4n) is 1.41. The van der Waals surface area contributed by atoms with Crippen molar-refractivity contribution in [1.29, 1.82) is 0 Å². The molecule has 2 aromatic rings. The zero-order valence-corrected chi connectivity index (χ0v) is 8.99. The number of aryl methyl sites for hydroxylation is 4. The molecule has 0 aliphatic carbocycles. The molecule has 0 aliphatic rings. The van der Waals surface area contributed by atoms with Crippen molar-refractivity contribution < 1.29 is 0 Å². The average Bonchev–Trinajstić information content (AvgIpc) is 2.64. The minimum Gasteiger partial charge on any atom is -0.283 e. The van der Waals surface area contributed by atoms with Gasteiger partial charge in [-0.1, -0.05) is 0 Å². The number of aromatic amines is 1. The van der Waals surface area contributed by atoms with E-state index >= 15 is 0 Å². The highest BCUT2D eigenvalue weighted by molar-refractivity contribution is 5.09. The highest BCUT2D eigenvalue weighted by atomic mass is 15.1. The highest BCUT2D eigenvalue weighted by Gasteiger charge is 2.00. The summed E-state index contributed by atoms with van der Waals surface area (Å²) in [6.07, 6.45) is 5.42. The van der Waals surface area contributed by atoms with Crippen molar-refractivity contribution in [1.82, 2.24) is 20.2 Å². The first-order chi connectivity index (χ1) is 7.24. The Kier molecular flexibility index (Phi) is 2.76. The van der Waals surface area contributed by atoms with Gasteiger partial charge in [-0.2, -0.15) is 5.10 Å². The molecule has 0 saturated heterocycles. The Morgan fingerprint density at radius 2 is 1.87 bits per heavy atom. The Hall–Kier alpha value is -1.71. The molecule has 0 radical (unpaired) electrons. The maximum Gasteiger partial charge on any atom is 0.0628 e. The Morgan fingerprint density at radius 3 is 2.47 bits per heavy atom. The molecule has 1 N–H and O–H groups in total. The lowest BCUT2D eigenvalue weighted by Gasteiger charge is -1.97. The first-order valence-corrected chi connectivity index (χ1v) is 5.02. The number of H-pyrrole nitrogens is 1. The predicted molar refractivity (Wildman–Crippen MR) is 57.5 cm³/mol. The summed E-state index contributed by atoms with van der Waals surface area (Å²) in [7, 11) is 0. The minimum absolute atomic E-state index is 0.886. The second-order valence-corrected chi connectivity index (χ2v) is 3.69. The molecule has 0 amide bonds. The maximum atomic E-state index is 4.30. The van der Waals surface area contributed by atoms with Crippen molar-refractivity contribution in [2.75, 3.05) is 0 Å². The van der Waals surface area contributed by atoms with Gasteiger partial charge in [0, 0.05) is 18.1 Å². The van der Waals surface area contributed by atoms with E-state index in [0.29, 0.717) is 0 Å². The van der Waals surface area contributed by atoms with Crippen LogP contribution in [0.2, 0.25) is 0 Å². The van der Waals surface area contributed by atoms with Crippen molar-refractivity contribution in [2.45, 2.75) is 26.7 Å². The molecule has 0 atom stereocenters. The molecule has 0 spiro atoms. The molecule has 2 heterocycles. The standard InChI is InChI=1S/C11H14N4/c1-8-5-10(15-14-8)3-4-11-7-12-9(2)6-13-11/h5-7H,3-4H2,1-2H3,(H,14,15). The van der Waals surface area contributed by atoms with Crippen LogP contribution < -0.4 is 0 Å². The first kappa shape index (κ1) is 9.83. The molecule has 0 bridgehead atoms. The van der Waals surface area contributed by atoms with Crippen LogP contribution >= 0.6 is 0 Å². The van der Waals surface area contributed by atoms with Gasteiger partial charge in [-0.3, -0.25) is 15.1 Å².